The van der Waals surface area contributed by atoms with Gasteiger partial charge in [-0.05, 0) is 31.4 Å². The summed E-state index contributed by atoms with van der Waals surface area (Å²) in [5.41, 5.74) is 7.05. The summed E-state index contributed by atoms with van der Waals surface area (Å²) in [5.74, 6) is 0.668. The average molecular weight is 257 g/mol. The van der Waals surface area contributed by atoms with Gasteiger partial charge >= 0.3 is 5.56 Å². The molecule has 0 aliphatic heterocycles. The minimum absolute atomic E-state index is 0.100. The van der Waals surface area contributed by atoms with Gasteiger partial charge in [-0.15, -0.1) is 0 Å². The quantitative estimate of drug-likeness (QED) is 0.856. The number of rotatable bonds is 3. The van der Waals surface area contributed by atoms with Gasteiger partial charge in [0.15, 0.2) is 0 Å². The number of aryl methyl sites for hydroxylation is 1. The monoisotopic (exact) mass is 257 g/mol. The molecule has 98 valence electrons. The molecule has 1 heterocycles. The van der Waals surface area contributed by atoms with Gasteiger partial charge in [-0.25, -0.2) is 4.98 Å². The van der Waals surface area contributed by atoms with E-state index in [0.29, 0.717) is 17.5 Å². The SMILES string of the molecule is Cc1ccc(N)cc1Oc1nccn(C2CC2)c1=O. The predicted octanol–water partition coefficient (Wildman–Crippen LogP) is 2.26. The fourth-order valence-corrected chi connectivity index (χ4v) is 1.95. The van der Waals surface area contributed by atoms with Crippen LogP contribution >= 0.6 is 0 Å². The molecule has 19 heavy (non-hydrogen) atoms. The minimum atomic E-state index is -0.188. The first-order valence-corrected chi connectivity index (χ1v) is 6.26. The van der Waals surface area contributed by atoms with E-state index in [9.17, 15) is 4.79 Å². The van der Waals surface area contributed by atoms with Crippen molar-refractivity contribution in [1.82, 2.24) is 9.55 Å². The Balaban J connectivity index is 1.97. The molecule has 0 spiro atoms. The smallest absolute Gasteiger partial charge is 0.313 e. The zero-order chi connectivity index (χ0) is 13.4. The zero-order valence-corrected chi connectivity index (χ0v) is 10.7. The van der Waals surface area contributed by atoms with Crippen molar-refractivity contribution in [3.05, 3.63) is 46.5 Å². The van der Waals surface area contributed by atoms with Crippen LogP contribution in [0.25, 0.3) is 0 Å². The summed E-state index contributed by atoms with van der Waals surface area (Å²) in [4.78, 5) is 16.2. The minimum Gasteiger partial charge on any atom is -0.434 e. The van der Waals surface area contributed by atoms with E-state index in [1.165, 1.54) is 0 Å². The first-order chi connectivity index (χ1) is 9.15. The largest absolute Gasteiger partial charge is 0.434 e. The molecule has 0 saturated heterocycles. The lowest BCUT2D eigenvalue weighted by molar-refractivity contribution is 0.442. The van der Waals surface area contributed by atoms with Gasteiger partial charge in [0.25, 0.3) is 5.88 Å². The molecule has 2 aromatic rings. The maximum absolute atomic E-state index is 12.2. The van der Waals surface area contributed by atoms with Crippen molar-refractivity contribution in [3.63, 3.8) is 0 Å². The van der Waals surface area contributed by atoms with Gasteiger partial charge in [-0.2, -0.15) is 0 Å². The second kappa shape index (κ2) is 4.42. The molecule has 0 amide bonds. The summed E-state index contributed by atoms with van der Waals surface area (Å²) in [5, 5.41) is 0. The molecule has 0 radical (unpaired) electrons. The van der Waals surface area contributed by atoms with Crippen LogP contribution in [0.1, 0.15) is 24.4 Å². The zero-order valence-electron chi connectivity index (χ0n) is 10.7. The third-order valence-corrected chi connectivity index (χ3v) is 3.20. The predicted molar refractivity (Wildman–Crippen MR) is 72.4 cm³/mol. The molecule has 1 fully saturated rings. The standard InChI is InChI=1S/C14H15N3O2/c1-9-2-3-10(15)8-12(9)19-13-14(18)17(7-6-16-13)11-4-5-11/h2-3,6-8,11H,4-5,15H2,1H3. The molecular weight excluding hydrogens is 242 g/mol. The lowest BCUT2D eigenvalue weighted by atomic mass is 10.2. The summed E-state index contributed by atoms with van der Waals surface area (Å²) in [6.07, 6.45) is 5.39. The van der Waals surface area contributed by atoms with Gasteiger partial charge in [0.1, 0.15) is 5.75 Å². The topological polar surface area (TPSA) is 70.1 Å². The highest BCUT2D eigenvalue weighted by Crippen LogP contribution is 2.33. The van der Waals surface area contributed by atoms with Crippen LogP contribution in [-0.4, -0.2) is 9.55 Å². The maximum Gasteiger partial charge on any atom is 0.313 e. The Kier molecular flexibility index (Phi) is 2.74. The van der Waals surface area contributed by atoms with Crippen molar-refractivity contribution in [2.24, 2.45) is 0 Å². The number of nitrogens with two attached hydrogens (primary N) is 1. The average Bonchev–Trinajstić information content (AvgIpc) is 3.20. The third-order valence-electron chi connectivity index (χ3n) is 3.20. The second-order valence-corrected chi connectivity index (χ2v) is 4.80. The maximum atomic E-state index is 12.2. The Morgan fingerprint density at radius 2 is 2.21 bits per heavy atom. The second-order valence-electron chi connectivity index (χ2n) is 4.80. The first-order valence-electron chi connectivity index (χ1n) is 6.26. The van der Waals surface area contributed by atoms with Crippen molar-refractivity contribution in [1.29, 1.82) is 0 Å². The van der Waals surface area contributed by atoms with E-state index in [0.717, 1.165) is 18.4 Å². The van der Waals surface area contributed by atoms with Crippen molar-refractivity contribution >= 4 is 5.69 Å². The van der Waals surface area contributed by atoms with E-state index in [1.807, 2.05) is 13.0 Å². The van der Waals surface area contributed by atoms with E-state index in [4.69, 9.17) is 10.5 Å². The number of benzene rings is 1. The Morgan fingerprint density at radius 3 is 2.95 bits per heavy atom. The Hall–Kier alpha value is -2.30. The van der Waals surface area contributed by atoms with Crippen LogP contribution in [0.5, 0.6) is 11.6 Å². The molecule has 5 nitrogen and oxygen atoms in total. The van der Waals surface area contributed by atoms with Crippen LogP contribution in [-0.2, 0) is 0 Å². The van der Waals surface area contributed by atoms with Gasteiger partial charge < -0.3 is 15.0 Å². The molecule has 0 unspecified atom stereocenters. The first kappa shape index (κ1) is 11.8. The molecule has 1 saturated carbocycles. The van der Waals surface area contributed by atoms with Crippen LogP contribution in [0.2, 0.25) is 0 Å². The van der Waals surface area contributed by atoms with Crippen LogP contribution in [0.4, 0.5) is 5.69 Å². The van der Waals surface area contributed by atoms with Crippen LogP contribution in [0.3, 0.4) is 0 Å². The summed E-state index contributed by atoms with van der Waals surface area (Å²) in [6, 6.07) is 5.65. The van der Waals surface area contributed by atoms with Crippen molar-refractivity contribution in [3.8, 4) is 11.6 Å². The fourth-order valence-electron chi connectivity index (χ4n) is 1.95. The van der Waals surface area contributed by atoms with Crippen molar-refractivity contribution in [2.75, 3.05) is 5.73 Å². The Bertz CT molecular complexity index is 675. The lowest BCUT2D eigenvalue weighted by Gasteiger charge is -2.09. The Labute approximate surface area is 110 Å². The van der Waals surface area contributed by atoms with Crippen LogP contribution in [0, 0.1) is 6.92 Å². The molecule has 2 N–H and O–H groups in total. The van der Waals surface area contributed by atoms with Gasteiger partial charge in [0.05, 0.1) is 0 Å². The highest BCUT2D eigenvalue weighted by atomic mass is 16.5. The molecule has 1 aliphatic rings. The van der Waals surface area contributed by atoms with Crippen molar-refractivity contribution in [2.45, 2.75) is 25.8 Å². The van der Waals surface area contributed by atoms with E-state index in [1.54, 1.807) is 29.1 Å². The van der Waals surface area contributed by atoms with Crippen LogP contribution < -0.4 is 16.0 Å². The molecule has 5 heteroatoms. The fraction of sp³-hybridized carbons (Fsp3) is 0.286. The number of anilines is 1. The van der Waals surface area contributed by atoms with Gasteiger partial charge in [-0.3, -0.25) is 4.79 Å². The number of hydrogen-bond acceptors (Lipinski definition) is 4. The van der Waals surface area contributed by atoms with Gasteiger partial charge in [-0.1, -0.05) is 6.07 Å². The normalized spacial score (nSPS) is 14.4. The van der Waals surface area contributed by atoms with E-state index in [-0.39, 0.29) is 11.4 Å². The number of aromatic nitrogens is 2. The third kappa shape index (κ3) is 2.31. The number of hydrogen-bond donors (Lipinski definition) is 1. The highest BCUT2D eigenvalue weighted by molar-refractivity contribution is 5.48. The summed E-state index contributed by atoms with van der Waals surface area (Å²) in [7, 11) is 0. The Morgan fingerprint density at radius 1 is 1.42 bits per heavy atom. The molecule has 1 aromatic heterocycles. The summed E-state index contributed by atoms with van der Waals surface area (Å²) in [6.45, 7) is 1.90. The molecule has 1 aromatic carbocycles. The molecule has 0 bridgehead atoms. The summed E-state index contributed by atoms with van der Waals surface area (Å²) < 4.78 is 7.30. The van der Waals surface area contributed by atoms with E-state index < -0.39 is 0 Å². The molecular formula is C14H15N3O2. The van der Waals surface area contributed by atoms with E-state index in [2.05, 4.69) is 4.98 Å². The number of nitrogens with zero attached hydrogens (tertiary/aromatic N) is 2. The van der Waals surface area contributed by atoms with Crippen LogP contribution in [0.15, 0.2) is 35.4 Å². The van der Waals surface area contributed by atoms with Gasteiger partial charge in [0.2, 0.25) is 0 Å². The van der Waals surface area contributed by atoms with Crippen molar-refractivity contribution < 1.29 is 4.74 Å². The molecule has 3 rings (SSSR count). The number of nitrogen functional groups attached to an aromatic ring is 1. The number of ether oxygens (including phenoxy) is 1. The van der Waals surface area contributed by atoms with E-state index >= 15 is 0 Å². The molecule has 0 atom stereocenters. The van der Waals surface area contributed by atoms with Gasteiger partial charge in [0, 0.05) is 30.2 Å². The summed E-state index contributed by atoms with van der Waals surface area (Å²) >= 11 is 0. The molecule has 1 aliphatic carbocycles. The lowest BCUT2D eigenvalue weighted by Crippen LogP contribution is -2.20. The highest BCUT2D eigenvalue weighted by Gasteiger charge is 2.25.